The van der Waals surface area contributed by atoms with E-state index in [1.807, 2.05) is 36.4 Å². The lowest BCUT2D eigenvalue weighted by Crippen LogP contribution is -2.13. The Kier molecular flexibility index (Phi) is 5.43. The molecule has 2 heterocycles. The standard InChI is InChI=1S/C21H19N5O/c1-15(2)17-9-6-16(7-10-17)8-11-20(27)25-21-18(13-22)14-24-26(21)19-5-3-4-12-23-19/h3-12,14-15H,1-2H3,(H,25,27)/b11-8+. The van der Waals surface area contributed by atoms with Gasteiger partial charge in [0.2, 0.25) is 5.91 Å². The molecule has 6 nitrogen and oxygen atoms in total. The molecule has 27 heavy (non-hydrogen) atoms. The van der Waals surface area contributed by atoms with Crippen molar-refractivity contribution in [2.45, 2.75) is 19.8 Å². The van der Waals surface area contributed by atoms with Gasteiger partial charge in [-0.25, -0.2) is 4.98 Å². The number of nitriles is 1. The third-order valence-corrected chi connectivity index (χ3v) is 4.03. The summed E-state index contributed by atoms with van der Waals surface area (Å²) in [6.07, 6.45) is 6.18. The number of anilines is 1. The summed E-state index contributed by atoms with van der Waals surface area (Å²) in [6, 6.07) is 15.4. The Labute approximate surface area is 157 Å². The van der Waals surface area contributed by atoms with Gasteiger partial charge in [-0.3, -0.25) is 4.79 Å². The van der Waals surface area contributed by atoms with Crippen molar-refractivity contribution >= 4 is 17.8 Å². The van der Waals surface area contributed by atoms with Crippen LogP contribution in [0.1, 0.15) is 36.5 Å². The highest BCUT2D eigenvalue weighted by Gasteiger charge is 2.14. The molecule has 6 heteroatoms. The summed E-state index contributed by atoms with van der Waals surface area (Å²) in [4.78, 5) is 16.5. The number of benzene rings is 1. The number of nitrogens with one attached hydrogen (secondary N) is 1. The minimum absolute atomic E-state index is 0.267. The fourth-order valence-corrected chi connectivity index (χ4v) is 2.53. The molecule has 0 atom stereocenters. The minimum Gasteiger partial charge on any atom is -0.306 e. The van der Waals surface area contributed by atoms with E-state index in [2.05, 4.69) is 29.2 Å². The lowest BCUT2D eigenvalue weighted by molar-refractivity contribution is -0.111. The Morgan fingerprint density at radius 1 is 1.22 bits per heavy atom. The van der Waals surface area contributed by atoms with Crippen LogP contribution in [-0.2, 0) is 4.79 Å². The monoisotopic (exact) mass is 357 g/mol. The van der Waals surface area contributed by atoms with Gasteiger partial charge < -0.3 is 5.32 Å². The topological polar surface area (TPSA) is 83.6 Å². The third-order valence-electron chi connectivity index (χ3n) is 4.03. The summed E-state index contributed by atoms with van der Waals surface area (Å²) in [5.41, 5.74) is 2.44. The van der Waals surface area contributed by atoms with Crippen LogP contribution in [0, 0.1) is 11.3 Å². The minimum atomic E-state index is -0.350. The van der Waals surface area contributed by atoms with Gasteiger partial charge in [-0.2, -0.15) is 15.0 Å². The van der Waals surface area contributed by atoms with Crippen LogP contribution in [0.2, 0.25) is 0 Å². The van der Waals surface area contributed by atoms with Crippen molar-refractivity contribution in [2.24, 2.45) is 0 Å². The van der Waals surface area contributed by atoms with Crippen LogP contribution in [-0.4, -0.2) is 20.7 Å². The maximum Gasteiger partial charge on any atom is 0.249 e. The van der Waals surface area contributed by atoms with E-state index in [0.717, 1.165) is 5.56 Å². The van der Waals surface area contributed by atoms with Crippen LogP contribution in [0.3, 0.4) is 0 Å². The zero-order chi connectivity index (χ0) is 19.2. The highest BCUT2D eigenvalue weighted by molar-refractivity contribution is 6.02. The fourth-order valence-electron chi connectivity index (χ4n) is 2.53. The summed E-state index contributed by atoms with van der Waals surface area (Å²) in [5, 5.41) is 16.1. The molecule has 0 saturated carbocycles. The predicted molar refractivity (Wildman–Crippen MR) is 104 cm³/mol. The quantitative estimate of drug-likeness (QED) is 0.702. The van der Waals surface area contributed by atoms with E-state index in [1.54, 1.807) is 24.4 Å². The maximum absolute atomic E-state index is 12.3. The number of pyridine rings is 1. The van der Waals surface area contributed by atoms with Crippen LogP contribution in [0.5, 0.6) is 0 Å². The summed E-state index contributed by atoms with van der Waals surface area (Å²) < 4.78 is 1.43. The molecule has 0 spiro atoms. The Bertz CT molecular complexity index is 995. The van der Waals surface area contributed by atoms with Crippen LogP contribution in [0.25, 0.3) is 11.9 Å². The fraction of sp³-hybridized carbons (Fsp3) is 0.143. The first-order valence-electron chi connectivity index (χ1n) is 8.57. The molecule has 0 aliphatic heterocycles. The van der Waals surface area contributed by atoms with E-state index in [1.165, 1.54) is 22.5 Å². The van der Waals surface area contributed by atoms with Crippen molar-refractivity contribution in [3.8, 4) is 11.9 Å². The molecule has 0 aliphatic carbocycles. The first kappa shape index (κ1) is 18.1. The lowest BCUT2D eigenvalue weighted by atomic mass is 10.0. The van der Waals surface area contributed by atoms with Gasteiger partial charge in [-0.15, -0.1) is 0 Å². The largest absolute Gasteiger partial charge is 0.306 e. The van der Waals surface area contributed by atoms with Crippen LogP contribution in [0.4, 0.5) is 5.82 Å². The van der Waals surface area contributed by atoms with Crippen LogP contribution in [0.15, 0.2) is 60.9 Å². The van der Waals surface area contributed by atoms with Crippen LogP contribution < -0.4 is 5.32 Å². The summed E-state index contributed by atoms with van der Waals surface area (Å²) in [5.74, 6) is 0.920. The second kappa shape index (κ2) is 8.11. The van der Waals surface area contributed by atoms with Crippen molar-refractivity contribution < 1.29 is 4.79 Å². The number of amides is 1. The molecular weight excluding hydrogens is 338 g/mol. The molecule has 0 radical (unpaired) electrons. The first-order chi connectivity index (χ1) is 13.1. The predicted octanol–water partition coefficient (Wildman–Crippen LogP) is 3.91. The summed E-state index contributed by atoms with van der Waals surface area (Å²) >= 11 is 0. The smallest absolute Gasteiger partial charge is 0.249 e. The van der Waals surface area contributed by atoms with Gasteiger partial charge in [-0.1, -0.05) is 44.2 Å². The zero-order valence-corrected chi connectivity index (χ0v) is 15.1. The van der Waals surface area contributed by atoms with Gasteiger partial charge in [-0.05, 0) is 35.3 Å². The van der Waals surface area contributed by atoms with Gasteiger partial charge in [0.15, 0.2) is 11.6 Å². The van der Waals surface area contributed by atoms with E-state index in [-0.39, 0.29) is 11.5 Å². The number of rotatable bonds is 5. The molecule has 0 aliphatic rings. The SMILES string of the molecule is CC(C)c1ccc(/C=C/C(=O)Nc2c(C#N)cnn2-c2ccccn2)cc1. The molecule has 0 fully saturated rings. The maximum atomic E-state index is 12.3. The Hall–Kier alpha value is -3.72. The molecule has 0 bridgehead atoms. The number of aromatic nitrogens is 3. The van der Waals surface area contributed by atoms with Gasteiger partial charge in [0.05, 0.1) is 6.20 Å². The second-order valence-electron chi connectivity index (χ2n) is 6.26. The van der Waals surface area contributed by atoms with Crippen molar-refractivity contribution in [1.29, 1.82) is 5.26 Å². The van der Waals surface area contributed by atoms with E-state index >= 15 is 0 Å². The number of hydrogen-bond acceptors (Lipinski definition) is 4. The third kappa shape index (κ3) is 4.28. The Balaban J connectivity index is 1.78. The molecule has 1 N–H and O–H groups in total. The van der Waals surface area contributed by atoms with Gasteiger partial charge >= 0.3 is 0 Å². The molecule has 2 aromatic heterocycles. The molecule has 3 aromatic rings. The number of carbonyl (C=O) groups is 1. The normalized spacial score (nSPS) is 10.9. The molecule has 0 unspecified atom stereocenters. The zero-order valence-electron chi connectivity index (χ0n) is 15.1. The van der Waals surface area contributed by atoms with Crippen LogP contribution >= 0.6 is 0 Å². The molecule has 134 valence electrons. The molecule has 3 rings (SSSR count). The summed E-state index contributed by atoms with van der Waals surface area (Å²) in [7, 11) is 0. The van der Waals surface area contributed by atoms with Gasteiger partial charge in [0, 0.05) is 12.3 Å². The lowest BCUT2D eigenvalue weighted by Gasteiger charge is -2.07. The second-order valence-corrected chi connectivity index (χ2v) is 6.26. The van der Waals surface area contributed by atoms with E-state index in [4.69, 9.17) is 0 Å². The van der Waals surface area contributed by atoms with Crippen molar-refractivity contribution in [3.05, 3.63) is 77.6 Å². The molecule has 1 aromatic carbocycles. The summed E-state index contributed by atoms with van der Waals surface area (Å²) in [6.45, 7) is 4.27. The number of nitrogens with zero attached hydrogens (tertiary/aromatic N) is 4. The molecule has 1 amide bonds. The van der Waals surface area contributed by atoms with E-state index < -0.39 is 0 Å². The average Bonchev–Trinajstić information content (AvgIpc) is 3.10. The van der Waals surface area contributed by atoms with Gasteiger partial charge in [0.25, 0.3) is 0 Å². The van der Waals surface area contributed by atoms with Crippen molar-refractivity contribution in [3.63, 3.8) is 0 Å². The van der Waals surface area contributed by atoms with Crippen molar-refractivity contribution in [1.82, 2.24) is 14.8 Å². The Morgan fingerprint density at radius 3 is 2.63 bits per heavy atom. The molecular formula is C21H19N5O. The number of hydrogen-bond donors (Lipinski definition) is 1. The number of carbonyl (C=O) groups excluding carboxylic acids is 1. The first-order valence-corrected chi connectivity index (χ1v) is 8.57. The van der Waals surface area contributed by atoms with E-state index in [0.29, 0.717) is 17.6 Å². The highest BCUT2D eigenvalue weighted by Crippen LogP contribution is 2.19. The van der Waals surface area contributed by atoms with Gasteiger partial charge in [0.1, 0.15) is 11.6 Å². The van der Waals surface area contributed by atoms with Crippen molar-refractivity contribution in [2.75, 3.05) is 5.32 Å². The average molecular weight is 357 g/mol. The Morgan fingerprint density at radius 2 is 2.00 bits per heavy atom. The van der Waals surface area contributed by atoms with E-state index in [9.17, 15) is 10.1 Å². The highest BCUT2D eigenvalue weighted by atomic mass is 16.1. The molecule has 0 saturated heterocycles.